The summed E-state index contributed by atoms with van der Waals surface area (Å²) in [6, 6.07) is 8.45. The van der Waals surface area contributed by atoms with Gasteiger partial charge in [-0.15, -0.1) is 0 Å². The molecule has 4 heteroatoms. The van der Waals surface area contributed by atoms with Gasteiger partial charge in [0.25, 0.3) is 0 Å². The van der Waals surface area contributed by atoms with Crippen LogP contribution in [0.1, 0.15) is 18.4 Å². The van der Waals surface area contributed by atoms with Gasteiger partial charge in [0.2, 0.25) is 5.91 Å². The number of rotatable bonds is 7. The Morgan fingerprint density at radius 2 is 2.05 bits per heavy atom. The molecule has 0 aromatic heterocycles. The number of hydrogen-bond donors (Lipinski definition) is 2. The van der Waals surface area contributed by atoms with Crippen molar-refractivity contribution in [1.82, 2.24) is 5.32 Å². The lowest BCUT2D eigenvalue weighted by molar-refractivity contribution is -0.119. The molecule has 0 heterocycles. The zero-order chi connectivity index (χ0) is 13.7. The van der Waals surface area contributed by atoms with Crippen LogP contribution in [0, 0.1) is 5.92 Å². The van der Waals surface area contributed by atoms with E-state index in [1.807, 2.05) is 24.3 Å². The zero-order valence-electron chi connectivity index (χ0n) is 11.6. The number of amides is 1. The highest BCUT2D eigenvalue weighted by Crippen LogP contribution is 2.34. The lowest BCUT2D eigenvalue weighted by Gasteiger charge is -2.18. The van der Waals surface area contributed by atoms with E-state index in [1.165, 1.54) is 12.8 Å². The van der Waals surface area contributed by atoms with Crippen LogP contribution in [0.2, 0.25) is 0 Å². The molecule has 0 aliphatic heterocycles. The van der Waals surface area contributed by atoms with Crippen molar-refractivity contribution in [2.45, 2.75) is 25.3 Å². The smallest absolute Gasteiger partial charge is 0.224 e. The number of carbonyl (C=O) groups is 1. The molecule has 0 radical (unpaired) electrons. The van der Waals surface area contributed by atoms with Crippen molar-refractivity contribution in [3.63, 3.8) is 0 Å². The molecule has 0 spiro atoms. The number of benzene rings is 1. The molecule has 104 valence electrons. The number of ether oxygens (including phenoxy) is 1. The van der Waals surface area contributed by atoms with Gasteiger partial charge in [0.1, 0.15) is 0 Å². The quantitative estimate of drug-likeness (QED) is 0.788. The van der Waals surface area contributed by atoms with Gasteiger partial charge >= 0.3 is 0 Å². The summed E-state index contributed by atoms with van der Waals surface area (Å²) in [5.74, 6) is 0.779. The first-order chi connectivity index (χ1) is 9.22. The third-order valence-corrected chi connectivity index (χ3v) is 3.49. The fourth-order valence-corrected chi connectivity index (χ4v) is 2.18. The van der Waals surface area contributed by atoms with E-state index in [9.17, 15) is 4.79 Å². The standard InChI is InChI=1S/C15H22N2O2/c1-16-15(18)9-11-3-7-13(8-4-11)17-14(10-19-2)12-5-6-12/h3-4,7-8,12,14,17H,5-6,9-10H2,1-2H3,(H,16,18). The van der Waals surface area contributed by atoms with Crippen molar-refractivity contribution in [1.29, 1.82) is 0 Å². The molecule has 0 bridgehead atoms. The Kier molecular flexibility index (Phi) is 4.80. The van der Waals surface area contributed by atoms with Crippen LogP contribution >= 0.6 is 0 Å². The average Bonchev–Trinajstić information content (AvgIpc) is 3.24. The fraction of sp³-hybridized carbons (Fsp3) is 0.533. The van der Waals surface area contributed by atoms with Gasteiger partial charge in [-0.05, 0) is 36.5 Å². The van der Waals surface area contributed by atoms with Crippen molar-refractivity contribution in [2.75, 3.05) is 26.1 Å². The molecular formula is C15H22N2O2. The third-order valence-electron chi connectivity index (χ3n) is 3.49. The second-order valence-corrected chi connectivity index (χ2v) is 5.09. The monoisotopic (exact) mass is 262 g/mol. The maximum atomic E-state index is 11.3. The molecule has 1 unspecified atom stereocenters. The fourth-order valence-electron chi connectivity index (χ4n) is 2.18. The predicted octanol–water partition coefficient (Wildman–Crippen LogP) is 1.81. The molecule has 4 nitrogen and oxygen atoms in total. The summed E-state index contributed by atoms with van der Waals surface area (Å²) in [5.41, 5.74) is 2.12. The third kappa shape index (κ3) is 4.24. The summed E-state index contributed by atoms with van der Waals surface area (Å²) in [4.78, 5) is 11.3. The van der Waals surface area contributed by atoms with Crippen molar-refractivity contribution >= 4 is 11.6 Å². The Balaban J connectivity index is 1.91. The van der Waals surface area contributed by atoms with Crippen molar-refractivity contribution in [3.8, 4) is 0 Å². The number of hydrogen-bond acceptors (Lipinski definition) is 3. The second-order valence-electron chi connectivity index (χ2n) is 5.09. The van der Waals surface area contributed by atoms with Crippen LogP contribution < -0.4 is 10.6 Å². The Bertz CT molecular complexity index is 413. The van der Waals surface area contributed by atoms with Crippen LogP contribution in [0.15, 0.2) is 24.3 Å². The van der Waals surface area contributed by atoms with Crippen LogP contribution in [0.3, 0.4) is 0 Å². The molecule has 2 rings (SSSR count). The molecule has 19 heavy (non-hydrogen) atoms. The van der Waals surface area contributed by atoms with E-state index in [0.29, 0.717) is 12.5 Å². The van der Waals surface area contributed by atoms with Gasteiger partial charge in [0.05, 0.1) is 19.1 Å². The number of nitrogens with one attached hydrogen (secondary N) is 2. The lowest BCUT2D eigenvalue weighted by Crippen LogP contribution is -2.27. The summed E-state index contributed by atoms with van der Waals surface area (Å²) < 4.78 is 5.25. The van der Waals surface area contributed by atoms with E-state index in [4.69, 9.17) is 4.74 Å². The Morgan fingerprint density at radius 1 is 1.37 bits per heavy atom. The van der Waals surface area contributed by atoms with E-state index < -0.39 is 0 Å². The van der Waals surface area contributed by atoms with Gasteiger partial charge in [-0.3, -0.25) is 4.79 Å². The molecule has 1 aliphatic rings. The van der Waals surface area contributed by atoms with Crippen molar-refractivity contribution in [2.24, 2.45) is 5.92 Å². The zero-order valence-corrected chi connectivity index (χ0v) is 11.6. The minimum atomic E-state index is 0.0379. The van der Waals surface area contributed by atoms with E-state index >= 15 is 0 Å². The molecule has 1 atom stereocenters. The number of methoxy groups -OCH3 is 1. The van der Waals surface area contributed by atoms with Crippen molar-refractivity contribution in [3.05, 3.63) is 29.8 Å². The molecular weight excluding hydrogens is 240 g/mol. The molecule has 2 N–H and O–H groups in total. The first-order valence-corrected chi connectivity index (χ1v) is 6.78. The predicted molar refractivity (Wildman–Crippen MR) is 76.2 cm³/mol. The highest BCUT2D eigenvalue weighted by atomic mass is 16.5. The molecule has 1 saturated carbocycles. The van der Waals surface area contributed by atoms with Gasteiger partial charge in [0, 0.05) is 19.8 Å². The number of carbonyl (C=O) groups excluding carboxylic acids is 1. The van der Waals surface area contributed by atoms with Crippen LogP contribution in [0.4, 0.5) is 5.69 Å². The SMILES string of the molecule is CNC(=O)Cc1ccc(NC(COC)C2CC2)cc1. The maximum absolute atomic E-state index is 11.3. The second kappa shape index (κ2) is 6.57. The Hall–Kier alpha value is -1.55. The summed E-state index contributed by atoms with van der Waals surface area (Å²) >= 11 is 0. The van der Waals surface area contributed by atoms with Crippen LogP contribution in [-0.2, 0) is 16.0 Å². The maximum Gasteiger partial charge on any atom is 0.224 e. The molecule has 1 aromatic carbocycles. The molecule has 1 fully saturated rings. The number of anilines is 1. The van der Waals surface area contributed by atoms with Gasteiger partial charge in [0.15, 0.2) is 0 Å². The van der Waals surface area contributed by atoms with Crippen LogP contribution in [0.5, 0.6) is 0 Å². The molecule has 1 amide bonds. The largest absolute Gasteiger partial charge is 0.383 e. The topological polar surface area (TPSA) is 50.4 Å². The first-order valence-electron chi connectivity index (χ1n) is 6.78. The van der Waals surface area contributed by atoms with E-state index in [-0.39, 0.29) is 5.91 Å². The van der Waals surface area contributed by atoms with E-state index in [1.54, 1.807) is 14.2 Å². The summed E-state index contributed by atoms with van der Waals surface area (Å²) in [6.45, 7) is 0.741. The highest BCUT2D eigenvalue weighted by molar-refractivity contribution is 5.78. The lowest BCUT2D eigenvalue weighted by atomic mass is 10.1. The Labute approximate surface area is 114 Å². The van der Waals surface area contributed by atoms with E-state index in [2.05, 4.69) is 10.6 Å². The summed E-state index contributed by atoms with van der Waals surface area (Å²) in [6.07, 6.45) is 3.01. The normalized spacial score (nSPS) is 15.9. The minimum Gasteiger partial charge on any atom is -0.383 e. The van der Waals surface area contributed by atoms with E-state index in [0.717, 1.165) is 23.8 Å². The van der Waals surface area contributed by atoms with Crippen LogP contribution in [0.25, 0.3) is 0 Å². The first kappa shape index (κ1) is 13.9. The van der Waals surface area contributed by atoms with Crippen LogP contribution in [-0.4, -0.2) is 32.7 Å². The van der Waals surface area contributed by atoms with Gasteiger partial charge in [-0.25, -0.2) is 0 Å². The van der Waals surface area contributed by atoms with Crippen molar-refractivity contribution < 1.29 is 9.53 Å². The summed E-state index contributed by atoms with van der Waals surface area (Å²) in [5, 5.41) is 6.14. The summed E-state index contributed by atoms with van der Waals surface area (Å²) in [7, 11) is 3.40. The average molecular weight is 262 g/mol. The molecule has 1 aliphatic carbocycles. The molecule has 0 saturated heterocycles. The van der Waals surface area contributed by atoms with Gasteiger partial charge in [-0.1, -0.05) is 12.1 Å². The minimum absolute atomic E-state index is 0.0379. The number of likely N-dealkylation sites (N-methyl/N-ethyl adjacent to an activating group) is 1. The Morgan fingerprint density at radius 3 is 2.58 bits per heavy atom. The highest BCUT2D eigenvalue weighted by Gasteiger charge is 2.30. The van der Waals surface area contributed by atoms with Gasteiger partial charge in [-0.2, -0.15) is 0 Å². The molecule has 1 aromatic rings. The van der Waals surface area contributed by atoms with Gasteiger partial charge < -0.3 is 15.4 Å².